The van der Waals surface area contributed by atoms with E-state index in [0.717, 1.165) is 32.4 Å². The van der Waals surface area contributed by atoms with Gasteiger partial charge in [-0.25, -0.2) is 0 Å². The van der Waals surface area contributed by atoms with E-state index in [0.29, 0.717) is 0 Å². The lowest BCUT2D eigenvalue weighted by Gasteiger charge is -2.39. The molecule has 28 heavy (non-hydrogen) atoms. The van der Waals surface area contributed by atoms with Gasteiger partial charge in [-0.2, -0.15) is 8.42 Å². The van der Waals surface area contributed by atoms with Gasteiger partial charge in [0, 0.05) is 16.0 Å². The quantitative estimate of drug-likeness (QED) is 0.594. The highest BCUT2D eigenvalue weighted by atomic mass is 32.2. The molecular weight excluding hydrogens is 392 g/mol. The van der Waals surface area contributed by atoms with Gasteiger partial charge in [0.05, 0.1) is 28.9 Å². The van der Waals surface area contributed by atoms with Gasteiger partial charge in [0.25, 0.3) is 10.1 Å². The van der Waals surface area contributed by atoms with Gasteiger partial charge in [-0.1, -0.05) is 42.1 Å². The van der Waals surface area contributed by atoms with Crippen LogP contribution in [0.3, 0.4) is 0 Å². The highest BCUT2D eigenvalue weighted by molar-refractivity contribution is 7.99. The molecule has 7 heteroatoms. The largest absolute Gasteiger partial charge is 0.330 e. The molecule has 1 N–H and O–H groups in total. The normalized spacial score (nSPS) is 14.3. The lowest BCUT2D eigenvalue weighted by Crippen LogP contribution is -2.29. The van der Waals surface area contributed by atoms with E-state index in [1.165, 1.54) is 0 Å². The SMILES string of the molecule is Cc1cccnc1C(CCS(=O)(=O)O)N1c2ccccc2Sc2ccccc21. The molecule has 1 atom stereocenters. The fraction of sp³-hybridized carbons (Fsp3) is 0.190. The van der Waals surface area contributed by atoms with Gasteiger partial charge in [0.1, 0.15) is 0 Å². The summed E-state index contributed by atoms with van der Waals surface area (Å²) in [5, 5.41) is 0. The van der Waals surface area contributed by atoms with Gasteiger partial charge >= 0.3 is 0 Å². The van der Waals surface area contributed by atoms with Gasteiger partial charge in [0.2, 0.25) is 0 Å². The van der Waals surface area contributed by atoms with Crippen molar-refractivity contribution >= 4 is 33.3 Å². The summed E-state index contributed by atoms with van der Waals surface area (Å²) in [7, 11) is -4.09. The second-order valence-electron chi connectivity index (χ2n) is 6.70. The zero-order valence-electron chi connectivity index (χ0n) is 15.3. The smallest absolute Gasteiger partial charge is 0.264 e. The molecule has 3 aromatic rings. The third kappa shape index (κ3) is 3.78. The standard InChI is InChI=1S/C21H20N2O3S2/c1-15-7-6-13-22-21(15)18(12-14-28(24,25)26)23-16-8-2-4-10-19(16)27-20-11-5-3-9-17(20)23/h2-11,13,18H,12,14H2,1H3,(H,24,25,26). The van der Waals surface area contributed by atoms with E-state index >= 15 is 0 Å². The maximum Gasteiger partial charge on any atom is 0.264 e. The number of benzene rings is 2. The summed E-state index contributed by atoms with van der Waals surface area (Å²) in [6, 6.07) is 19.7. The molecule has 0 radical (unpaired) electrons. The van der Waals surface area contributed by atoms with Crippen molar-refractivity contribution in [3.05, 3.63) is 78.1 Å². The van der Waals surface area contributed by atoms with Crippen LogP contribution in [0.15, 0.2) is 76.7 Å². The number of para-hydroxylation sites is 2. The predicted octanol–water partition coefficient (Wildman–Crippen LogP) is 5.01. The minimum Gasteiger partial charge on any atom is -0.330 e. The van der Waals surface area contributed by atoms with Crippen molar-refractivity contribution < 1.29 is 13.0 Å². The number of pyridine rings is 1. The molecule has 2 heterocycles. The number of nitrogens with zero attached hydrogens (tertiary/aromatic N) is 2. The molecule has 0 amide bonds. The van der Waals surface area contributed by atoms with Crippen molar-refractivity contribution in [2.45, 2.75) is 29.2 Å². The highest BCUT2D eigenvalue weighted by Gasteiger charge is 2.32. The molecule has 1 aliphatic rings. The van der Waals surface area contributed by atoms with Crippen molar-refractivity contribution in [2.75, 3.05) is 10.7 Å². The first-order chi connectivity index (χ1) is 13.4. The van der Waals surface area contributed by atoms with Crippen LogP contribution in [0.4, 0.5) is 11.4 Å². The number of aromatic nitrogens is 1. The van der Waals surface area contributed by atoms with Crippen molar-refractivity contribution in [1.29, 1.82) is 0 Å². The molecular formula is C21H20N2O3S2. The Morgan fingerprint density at radius 3 is 2.18 bits per heavy atom. The fourth-order valence-electron chi connectivity index (χ4n) is 3.56. The van der Waals surface area contributed by atoms with E-state index in [-0.39, 0.29) is 18.2 Å². The molecule has 5 nitrogen and oxygen atoms in total. The molecule has 1 aliphatic heterocycles. The Labute approximate surface area is 169 Å². The van der Waals surface area contributed by atoms with Crippen LogP contribution in [0, 0.1) is 6.92 Å². The molecule has 0 saturated heterocycles. The van der Waals surface area contributed by atoms with Crippen molar-refractivity contribution in [3.8, 4) is 0 Å². The van der Waals surface area contributed by atoms with Crippen molar-refractivity contribution in [1.82, 2.24) is 4.98 Å². The second kappa shape index (κ2) is 7.58. The monoisotopic (exact) mass is 412 g/mol. The molecule has 1 aromatic heterocycles. The molecule has 0 bridgehead atoms. The molecule has 0 spiro atoms. The number of rotatable bonds is 5. The zero-order valence-corrected chi connectivity index (χ0v) is 17.0. The van der Waals surface area contributed by atoms with E-state index < -0.39 is 10.1 Å². The number of aryl methyl sites for hydroxylation is 1. The van der Waals surface area contributed by atoms with E-state index in [9.17, 15) is 13.0 Å². The summed E-state index contributed by atoms with van der Waals surface area (Å²) in [6.07, 6.45) is 1.95. The highest BCUT2D eigenvalue weighted by Crippen LogP contribution is 2.51. The first-order valence-electron chi connectivity index (χ1n) is 8.96. The Morgan fingerprint density at radius 1 is 1.00 bits per heavy atom. The summed E-state index contributed by atoms with van der Waals surface area (Å²) in [6.45, 7) is 1.97. The fourth-order valence-corrected chi connectivity index (χ4v) is 5.16. The molecule has 144 valence electrons. The van der Waals surface area contributed by atoms with Crippen LogP contribution >= 0.6 is 11.8 Å². The summed E-state index contributed by atoms with van der Waals surface area (Å²) in [5.74, 6) is -0.332. The van der Waals surface area contributed by atoms with Crippen LogP contribution in [-0.2, 0) is 10.1 Å². The van der Waals surface area contributed by atoms with Crippen molar-refractivity contribution in [2.24, 2.45) is 0 Å². The number of fused-ring (bicyclic) bond motifs is 2. The summed E-state index contributed by atoms with van der Waals surface area (Å²) < 4.78 is 32.5. The topological polar surface area (TPSA) is 70.5 Å². The first-order valence-corrected chi connectivity index (χ1v) is 11.4. The Kier molecular flexibility index (Phi) is 5.14. The minimum atomic E-state index is -4.09. The van der Waals surface area contributed by atoms with E-state index in [2.05, 4.69) is 22.0 Å². The third-order valence-corrected chi connectivity index (χ3v) is 6.68. The molecule has 4 rings (SSSR count). The van der Waals surface area contributed by atoms with Crippen LogP contribution in [0.5, 0.6) is 0 Å². The minimum absolute atomic E-state index is 0.226. The van der Waals surface area contributed by atoms with Gasteiger partial charge < -0.3 is 4.90 Å². The van der Waals surface area contributed by atoms with Crippen molar-refractivity contribution in [3.63, 3.8) is 0 Å². The molecule has 1 unspecified atom stereocenters. The number of anilines is 2. The average molecular weight is 413 g/mol. The Balaban J connectivity index is 1.89. The predicted molar refractivity (Wildman–Crippen MR) is 112 cm³/mol. The molecule has 0 fully saturated rings. The number of hydrogen-bond acceptors (Lipinski definition) is 5. The van der Waals surface area contributed by atoms with Crippen LogP contribution in [-0.4, -0.2) is 23.7 Å². The van der Waals surface area contributed by atoms with Crippen LogP contribution in [0.25, 0.3) is 0 Å². The van der Waals surface area contributed by atoms with Gasteiger partial charge in [-0.15, -0.1) is 0 Å². The van der Waals surface area contributed by atoms with E-state index in [4.69, 9.17) is 0 Å². The summed E-state index contributed by atoms with van der Waals surface area (Å²) in [4.78, 5) is 8.94. The molecule has 0 aliphatic carbocycles. The van der Waals surface area contributed by atoms with Crippen LogP contribution < -0.4 is 4.90 Å². The Hall–Kier alpha value is -2.35. The first kappa shape index (κ1) is 19.0. The molecule has 2 aromatic carbocycles. The van der Waals surface area contributed by atoms with Gasteiger partial charge in [-0.05, 0) is 49.2 Å². The van der Waals surface area contributed by atoms with Crippen LogP contribution in [0.2, 0.25) is 0 Å². The van der Waals surface area contributed by atoms with Crippen LogP contribution in [0.1, 0.15) is 23.7 Å². The third-order valence-electron chi connectivity index (χ3n) is 4.80. The van der Waals surface area contributed by atoms with Gasteiger partial charge in [-0.3, -0.25) is 9.54 Å². The zero-order chi connectivity index (χ0) is 19.7. The maximum atomic E-state index is 11.5. The number of hydrogen-bond donors (Lipinski definition) is 1. The Morgan fingerprint density at radius 2 is 1.61 bits per heavy atom. The lowest BCUT2D eigenvalue weighted by atomic mass is 10.0. The second-order valence-corrected chi connectivity index (χ2v) is 9.36. The Bertz CT molecular complexity index is 1070. The van der Waals surface area contributed by atoms with Gasteiger partial charge in [0.15, 0.2) is 0 Å². The lowest BCUT2D eigenvalue weighted by molar-refractivity contribution is 0.476. The van der Waals surface area contributed by atoms with E-state index in [1.54, 1.807) is 18.0 Å². The average Bonchev–Trinajstić information content (AvgIpc) is 2.67. The van der Waals surface area contributed by atoms with E-state index in [1.807, 2.05) is 55.5 Å². The maximum absolute atomic E-state index is 11.5. The summed E-state index contributed by atoms with van der Waals surface area (Å²) >= 11 is 1.70. The summed E-state index contributed by atoms with van der Waals surface area (Å²) in [5.41, 5.74) is 3.81. The molecule has 0 saturated carbocycles.